The molecule has 208 valence electrons. The first-order valence-corrected chi connectivity index (χ1v) is 16.2. The highest BCUT2D eigenvalue weighted by molar-refractivity contribution is 6.74. The third kappa shape index (κ3) is 6.76. The first-order valence-electron chi connectivity index (χ1n) is 13.3. The number of fused-ring (bicyclic) bond motifs is 1. The number of rotatable bonds is 5. The van der Waals surface area contributed by atoms with Gasteiger partial charge < -0.3 is 29.9 Å². The molecule has 0 bridgehead atoms. The van der Waals surface area contributed by atoms with Crippen LogP contribution in [0.2, 0.25) is 18.1 Å². The summed E-state index contributed by atoms with van der Waals surface area (Å²) in [7, 11) is -2.12. The minimum atomic E-state index is -2.12. The minimum Gasteiger partial charge on any atom is -0.456 e. The molecule has 0 saturated carbocycles. The van der Waals surface area contributed by atoms with Crippen molar-refractivity contribution >= 4 is 31.8 Å². The van der Waals surface area contributed by atoms with E-state index in [1.54, 1.807) is 6.20 Å². The van der Waals surface area contributed by atoms with Crippen molar-refractivity contribution in [3.05, 3.63) is 17.5 Å². The lowest BCUT2D eigenvalue weighted by molar-refractivity contribution is -0.146. The summed E-state index contributed by atoms with van der Waals surface area (Å²) < 4.78 is 18.0. The number of nitrogens with one attached hydrogen (secondary N) is 1. The number of nitrogen functional groups attached to an aromatic ring is 1. The average Bonchev–Trinajstić information content (AvgIpc) is 3.09. The second-order valence-corrected chi connectivity index (χ2v) is 17.8. The van der Waals surface area contributed by atoms with Crippen molar-refractivity contribution in [2.45, 2.75) is 110 Å². The van der Waals surface area contributed by atoms with E-state index in [1.165, 1.54) is 6.92 Å². The first kappa shape index (κ1) is 29.2. The highest BCUT2D eigenvalue weighted by Crippen LogP contribution is 2.43. The molecule has 1 aliphatic carbocycles. The number of anilines is 2. The molecular formula is C27H46N4O5Si. The Bertz CT molecular complexity index is 1020. The first-order chi connectivity index (χ1) is 16.9. The number of carbonyl (C=O) groups is 2. The van der Waals surface area contributed by atoms with Crippen LogP contribution < -0.4 is 16.0 Å². The minimum absolute atomic E-state index is 0.0302. The molecule has 1 saturated heterocycles. The fraction of sp³-hybridized carbons (Fsp3) is 0.741. The van der Waals surface area contributed by atoms with Crippen molar-refractivity contribution < 1.29 is 23.5 Å². The summed E-state index contributed by atoms with van der Waals surface area (Å²) in [6.07, 6.45) is 2.06. The number of ether oxygens (including phenoxy) is 2. The Kier molecular flexibility index (Phi) is 8.25. The zero-order valence-electron chi connectivity index (χ0n) is 24.2. The van der Waals surface area contributed by atoms with E-state index in [9.17, 15) is 9.59 Å². The second kappa shape index (κ2) is 10.4. The Morgan fingerprint density at radius 3 is 2.38 bits per heavy atom. The topological polar surface area (TPSA) is 116 Å². The molecule has 0 aromatic carbocycles. The highest BCUT2D eigenvalue weighted by atomic mass is 28.4. The average molecular weight is 535 g/mol. The largest absolute Gasteiger partial charge is 0.456 e. The standard InChI is InChI=1S/C27H46N4O5Si/c1-16-14-31(23-18-11-12-21(34-17(2)32)22(18)29-13-19(23)28)15-20(30-25(33)35-26(3,4)5)24(16)36-37(9,10)27(6,7)8/h13,16,20-21,24H,11-12,14-15,28H2,1-10H3,(H,30,33)/t16-,20+,21?,24+/m0/s1. The van der Waals surface area contributed by atoms with Gasteiger partial charge in [0, 0.05) is 31.5 Å². The van der Waals surface area contributed by atoms with Gasteiger partial charge in [-0.25, -0.2) is 4.79 Å². The second-order valence-electron chi connectivity index (χ2n) is 13.0. The summed E-state index contributed by atoms with van der Waals surface area (Å²) in [5.41, 5.74) is 9.15. The van der Waals surface area contributed by atoms with Gasteiger partial charge in [0.15, 0.2) is 8.32 Å². The van der Waals surface area contributed by atoms with E-state index in [2.05, 4.69) is 56.0 Å². The molecule has 0 radical (unpaired) electrons. The summed E-state index contributed by atoms with van der Waals surface area (Å²) in [5.74, 6) is -0.214. The number of pyridine rings is 1. The molecule has 1 amide bonds. The molecule has 1 aliphatic heterocycles. The van der Waals surface area contributed by atoms with Gasteiger partial charge in [0.2, 0.25) is 0 Å². The molecule has 4 atom stereocenters. The fourth-order valence-electron chi connectivity index (χ4n) is 4.95. The molecule has 1 aromatic rings. The molecule has 1 unspecified atom stereocenters. The Morgan fingerprint density at radius 1 is 1.16 bits per heavy atom. The molecule has 9 nitrogen and oxygen atoms in total. The van der Waals surface area contributed by atoms with Crippen molar-refractivity contribution in [3.8, 4) is 0 Å². The van der Waals surface area contributed by atoms with Gasteiger partial charge in [-0.1, -0.05) is 27.7 Å². The van der Waals surface area contributed by atoms with Crippen LogP contribution in [0.3, 0.4) is 0 Å². The van der Waals surface area contributed by atoms with Crippen LogP contribution in [0.15, 0.2) is 6.20 Å². The van der Waals surface area contributed by atoms with Crippen molar-refractivity contribution in [2.75, 3.05) is 23.7 Å². The van der Waals surface area contributed by atoms with Crippen LogP contribution in [-0.2, 0) is 25.1 Å². The SMILES string of the molecule is CC(=O)OC1CCc2c1ncc(N)c2N1C[C@H](C)[C@@H](O[Si](C)(C)C(C)(C)C)[C@H](NC(=O)OC(C)(C)C)C1. The maximum atomic E-state index is 12.9. The summed E-state index contributed by atoms with van der Waals surface area (Å²) in [5, 5.41) is 3.15. The smallest absolute Gasteiger partial charge is 0.408 e. The number of carbonyl (C=O) groups excluding carboxylic acids is 2. The molecular weight excluding hydrogens is 488 g/mol. The maximum absolute atomic E-state index is 12.9. The van der Waals surface area contributed by atoms with E-state index in [0.29, 0.717) is 25.2 Å². The molecule has 3 rings (SSSR count). The van der Waals surface area contributed by atoms with Crippen LogP contribution in [-0.4, -0.2) is 56.2 Å². The van der Waals surface area contributed by atoms with Gasteiger partial charge in [0.05, 0.1) is 35.4 Å². The molecule has 3 N–H and O–H groups in total. The predicted molar refractivity (Wildman–Crippen MR) is 148 cm³/mol. The van der Waals surface area contributed by atoms with Crippen molar-refractivity contribution in [3.63, 3.8) is 0 Å². The number of nitrogens with two attached hydrogens (primary N) is 1. The zero-order valence-corrected chi connectivity index (χ0v) is 25.2. The van der Waals surface area contributed by atoms with Crippen molar-refractivity contribution in [2.24, 2.45) is 5.92 Å². The number of alkyl carbamates (subject to hydrolysis) is 1. The third-order valence-electron chi connectivity index (χ3n) is 7.62. The molecule has 1 aromatic heterocycles. The number of aromatic nitrogens is 1. The van der Waals surface area contributed by atoms with E-state index in [-0.39, 0.29) is 35.2 Å². The van der Waals surface area contributed by atoms with E-state index in [0.717, 1.165) is 23.4 Å². The van der Waals surface area contributed by atoms with Crippen LogP contribution in [0.1, 0.15) is 79.2 Å². The molecule has 2 aliphatic rings. The van der Waals surface area contributed by atoms with E-state index < -0.39 is 20.0 Å². The third-order valence-corrected chi connectivity index (χ3v) is 12.1. The number of esters is 1. The molecule has 2 heterocycles. The summed E-state index contributed by atoms with van der Waals surface area (Å²) in [4.78, 5) is 31.3. The van der Waals surface area contributed by atoms with Crippen LogP contribution in [0, 0.1) is 5.92 Å². The normalized spacial score (nSPS) is 24.4. The predicted octanol–water partition coefficient (Wildman–Crippen LogP) is 4.95. The molecule has 37 heavy (non-hydrogen) atoms. The summed E-state index contributed by atoms with van der Waals surface area (Å²) in [6.45, 7) is 21.5. The number of amides is 1. The van der Waals surface area contributed by atoms with Crippen LogP contribution in [0.4, 0.5) is 16.2 Å². The number of hydrogen-bond donors (Lipinski definition) is 2. The van der Waals surface area contributed by atoms with Gasteiger partial charge >= 0.3 is 12.1 Å². The number of piperidine rings is 1. The van der Waals surface area contributed by atoms with Gasteiger partial charge in [0.25, 0.3) is 0 Å². The summed E-state index contributed by atoms with van der Waals surface area (Å²) >= 11 is 0. The maximum Gasteiger partial charge on any atom is 0.408 e. The Labute approximate surface area is 222 Å². The lowest BCUT2D eigenvalue weighted by Crippen LogP contribution is -2.63. The van der Waals surface area contributed by atoms with Crippen molar-refractivity contribution in [1.29, 1.82) is 0 Å². The Morgan fingerprint density at radius 2 is 1.81 bits per heavy atom. The van der Waals surface area contributed by atoms with Gasteiger partial charge in [-0.05, 0) is 51.7 Å². The van der Waals surface area contributed by atoms with Gasteiger partial charge in [0.1, 0.15) is 11.7 Å². The van der Waals surface area contributed by atoms with E-state index in [1.807, 2.05) is 20.8 Å². The number of hydrogen-bond acceptors (Lipinski definition) is 8. The van der Waals surface area contributed by atoms with Crippen LogP contribution >= 0.6 is 0 Å². The molecule has 0 spiro atoms. The lowest BCUT2D eigenvalue weighted by atomic mass is 9.91. The molecule has 1 fully saturated rings. The summed E-state index contributed by atoms with van der Waals surface area (Å²) in [6, 6.07) is -0.304. The lowest BCUT2D eigenvalue weighted by Gasteiger charge is -2.49. The number of nitrogens with zero attached hydrogens (tertiary/aromatic N) is 2. The van der Waals surface area contributed by atoms with E-state index >= 15 is 0 Å². The highest BCUT2D eigenvalue weighted by Gasteiger charge is 2.46. The monoisotopic (exact) mass is 534 g/mol. The molecule has 10 heteroatoms. The Balaban J connectivity index is 1.95. The van der Waals surface area contributed by atoms with Crippen LogP contribution in [0.25, 0.3) is 0 Å². The quantitative estimate of drug-likeness (QED) is 0.402. The van der Waals surface area contributed by atoms with Gasteiger partial charge in [-0.2, -0.15) is 0 Å². The van der Waals surface area contributed by atoms with Gasteiger partial charge in [-0.3, -0.25) is 9.78 Å². The van der Waals surface area contributed by atoms with Gasteiger partial charge in [-0.15, -0.1) is 0 Å². The van der Waals surface area contributed by atoms with E-state index in [4.69, 9.17) is 19.6 Å². The Hall–Kier alpha value is -2.33. The zero-order chi connectivity index (χ0) is 27.9. The van der Waals surface area contributed by atoms with Crippen molar-refractivity contribution in [1.82, 2.24) is 10.3 Å². The fourth-order valence-corrected chi connectivity index (χ4v) is 6.38. The van der Waals surface area contributed by atoms with Crippen LogP contribution in [0.5, 0.6) is 0 Å².